The molecule has 1 aliphatic heterocycles. The highest BCUT2D eigenvalue weighted by Crippen LogP contribution is 2.22. The van der Waals surface area contributed by atoms with E-state index in [9.17, 15) is 0 Å². The molecule has 1 unspecified atom stereocenters. The highest BCUT2D eigenvalue weighted by molar-refractivity contribution is 6.41. The Balaban J connectivity index is 2.21. The van der Waals surface area contributed by atoms with Gasteiger partial charge in [0.15, 0.2) is 0 Å². The molecule has 2 rings (SSSR count). The first-order valence-corrected chi connectivity index (χ1v) is 5.48. The van der Waals surface area contributed by atoms with E-state index in [1.54, 1.807) is 12.3 Å². The van der Waals surface area contributed by atoms with Crippen LogP contribution in [0.2, 0.25) is 10.2 Å². The Bertz CT molecular complexity index is 406. The molecule has 0 fully saturated rings. The van der Waals surface area contributed by atoms with Gasteiger partial charge in [-0.15, -0.1) is 0 Å². The smallest absolute Gasteiger partial charge is 0.218 e. The second kappa shape index (κ2) is 4.37. The number of hydrogen-bond donors (Lipinski definition) is 0. The lowest BCUT2D eigenvalue weighted by Gasteiger charge is -2.08. The average molecular weight is 245 g/mol. The van der Waals surface area contributed by atoms with Gasteiger partial charge in [-0.3, -0.25) is 0 Å². The number of aliphatic imine (C=N–C) groups is 1. The first-order chi connectivity index (χ1) is 7.20. The van der Waals surface area contributed by atoms with E-state index >= 15 is 0 Å². The minimum atomic E-state index is 0.175. The summed E-state index contributed by atoms with van der Waals surface area (Å²) in [6, 6.07) is 1.72. The van der Waals surface area contributed by atoms with Gasteiger partial charge in [-0.1, -0.05) is 30.1 Å². The minimum Gasteiger partial charge on any atom is -0.472 e. The average Bonchev–Trinajstić information content (AvgIpc) is 2.70. The highest BCUT2D eigenvalue weighted by Gasteiger charge is 2.19. The second-order valence-electron chi connectivity index (χ2n) is 3.29. The van der Waals surface area contributed by atoms with Crippen LogP contribution in [0.25, 0.3) is 0 Å². The van der Waals surface area contributed by atoms with E-state index in [0.29, 0.717) is 22.6 Å². The Labute approximate surface area is 98.1 Å². The second-order valence-corrected chi connectivity index (χ2v) is 4.06. The van der Waals surface area contributed by atoms with Crippen LogP contribution in [0.4, 0.5) is 0 Å². The summed E-state index contributed by atoms with van der Waals surface area (Å²) >= 11 is 11.6. The van der Waals surface area contributed by atoms with Gasteiger partial charge in [0.25, 0.3) is 0 Å². The van der Waals surface area contributed by atoms with Crippen molar-refractivity contribution in [3.8, 4) is 0 Å². The third-order valence-corrected chi connectivity index (χ3v) is 2.90. The van der Waals surface area contributed by atoms with E-state index in [1.807, 2.05) is 0 Å². The van der Waals surface area contributed by atoms with Gasteiger partial charge in [0.2, 0.25) is 5.90 Å². The predicted molar refractivity (Wildman–Crippen MR) is 60.8 cm³/mol. The minimum absolute atomic E-state index is 0.175. The zero-order valence-corrected chi connectivity index (χ0v) is 9.72. The lowest BCUT2D eigenvalue weighted by molar-refractivity contribution is 0.220. The number of ether oxygens (including phenoxy) is 1. The Morgan fingerprint density at radius 1 is 1.53 bits per heavy atom. The van der Waals surface area contributed by atoms with E-state index < -0.39 is 0 Å². The molecule has 0 N–H and O–H groups in total. The fraction of sp³-hybridized carbons (Fsp3) is 0.400. The Morgan fingerprint density at radius 2 is 2.33 bits per heavy atom. The third kappa shape index (κ3) is 2.24. The zero-order valence-electron chi connectivity index (χ0n) is 8.20. The standard InChI is InChI=1S/C10H10Cl2N2O/c1-2-7-5-14-10(15-7)6-3-8(11)9(12)13-4-6/h3-4,7H,2,5H2,1H3. The fourth-order valence-corrected chi connectivity index (χ4v) is 1.60. The van der Waals surface area contributed by atoms with Gasteiger partial charge in [0.1, 0.15) is 11.3 Å². The Morgan fingerprint density at radius 3 is 2.93 bits per heavy atom. The third-order valence-electron chi connectivity index (χ3n) is 2.22. The summed E-state index contributed by atoms with van der Waals surface area (Å²) in [4.78, 5) is 8.23. The topological polar surface area (TPSA) is 34.5 Å². The molecule has 1 aliphatic rings. The van der Waals surface area contributed by atoms with Crippen molar-refractivity contribution < 1.29 is 4.74 Å². The molecule has 0 bridgehead atoms. The van der Waals surface area contributed by atoms with Gasteiger partial charge in [-0.25, -0.2) is 9.98 Å². The normalized spacial score (nSPS) is 19.9. The maximum absolute atomic E-state index is 5.86. The molecule has 1 aromatic heterocycles. The summed E-state index contributed by atoms with van der Waals surface area (Å²) in [5.41, 5.74) is 0.778. The molecule has 0 aromatic carbocycles. The summed E-state index contributed by atoms with van der Waals surface area (Å²) in [6.45, 7) is 2.77. The largest absolute Gasteiger partial charge is 0.472 e. The van der Waals surface area contributed by atoms with Crippen molar-refractivity contribution in [3.63, 3.8) is 0 Å². The molecule has 0 aliphatic carbocycles. The molecular formula is C10H10Cl2N2O. The van der Waals surface area contributed by atoms with Crippen LogP contribution in [0.15, 0.2) is 17.3 Å². The van der Waals surface area contributed by atoms with E-state index in [4.69, 9.17) is 27.9 Å². The van der Waals surface area contributed by atoms with Crippen LogP contribution in [0.3, 0.4) is 0 Å². The van der Waals surface area contributed by atoms with Gasteiger partial charge < -0.3 is 4.74 Å². The molecule has 2 heterocycles. The Hall–Kier alpha value is -0.800. The summed E-state index contributed by atoms with van der Waals surface area (Å²) in [6.07, 6.45) is 2.74. The van der Waals surface area contributed by atoms with Crippen molar-refractivity contribution >= 4 is 29.1 Å². The van der Waals surface area contributed by atoms with Crippen LogP contribution in [0.5, 0.6) is 0 Å². The molecule has 0 radical (unpaired) electrons. The lowest BCUT2D eigenvalue weighted by Crippen LogP contribution is -2.12. The number of pyridine rings is 1. The summed E-state index contributed by atoms with van der Waals surface area (Å²) in [5, 5.41) is 0.714. The molecule has 1 atom stereocenters. The first-order valence-electron chi connectivity index (χ1n) is 4.73. The van der Waals surface area contributed by atoms with E-state index in [2.05, 4.69) is 16.9 Å². The molecule has 1 aromatic rings. The number of halogens is 2. The van der Waals surface area contributed by atoms with E-state index in [1.165, 1.54) is 0 Å². The molecule has 3 nitrogen and oxygen atoms in total. The molecule has 0 amide bonds. The fourth-order valence-electron chi connectivity index (χ4n) is 1.33. The van der Waals surface area contributed by atoms with Crippen molar-refractivity contribution in [2.24, 2.45) is 4.99 Å². The number of hydrogen-bond acceptors (Lipinski definition) is 3. The monoisotopic (exact) mass is 244 g/mol. The maximum atomic E-state index is 5.86. The molecule has 0 saturated heterocycles. The van der Waals surface area contributed by atoms with Gasteiger partial charge in [0.05, 0.1) is 17.1 Å². The van der Waals surface area contributed by atoms with Gasteiger partial charge in [-0.05, 0) is 12.5 Å². The number of rotatable bonds is 2. The maximum Gasteiger partial charge on any atom is 0.218 e. The Kier molecular flexibility index (Phi) is 3.12. The molecule has 0 spiro atoms. The SMILES string of the molecule is CCC1CN=C(c2cnc(Cl)c(Cl)c2)O1. The van der Waals surface area contributed by atoms with Gasteiger partial charge in [0, 0.05) is 6.20 Å². The molecule has 80 valence electrons. The van der Waals surface area contributed by atoms with Crippen LogP contribution in [-0.4, -0.2) is 23.5 Å². The molecular weight excluding hydrogens is 235 g/mol. The van der Waals surface area contributed by atoms with E-state index in [0.717, 1.165) is 12.0 Å². The van der Waals surface area contributed by atoms with Crippen molar-refractivity contribution in [1.29, 1.82) is 0 Å². The van der Waals surface area contributed by atoms with Crippen LogP contribution >= 0.6 is 23.2 Å². The highest BCUT2D eigenvalue weighted by atomic mass is 35.5. The van der Waals surface area contributed by atoms with Crippen LogP contribution in [-0.2, 0) is 4.74 Å². The molecule has 0 saturated carbocycles. The van der Waals surface area contributed by atoms with Crippen molar-refractivity contribution in [2.75, 3.05) is 6.54 Å². The lowest BCUT2D eigenvalue weighted by atomic mass is 10.3. The first kappa shape index (κ1) is 10.7. The zero-order chi connectivity index (χ0) is 10.8. The van der Waals surface area contributed by atoms with Crippen molar-refractivity contribution in [1.82, 2.24) is 4.98 Å². The van der Waals surface area contributed by atoms with Crippen LogP contribution in [0, 0.1) is 0 Å². The molecule has 5 heteroatoms. The van der Waals surface area contributed by atoms with Crippen molar-refractivity contribution in [2.45, 2.75) is 19.4 Å². The predicted octanol–water partition coefficient (Wildman–Crippen LogP) is 2.94. The van der Waals surface area contributed by atoms with Crippen LogP contribution in [0.1, 0.15) is 18.9 Å². The quantitative estimate of drug-likeness (QED) is 0.750. The van der Waals surface area contributed by atoms with E-state index in [-0.39, 0.29) is 6.10 Å². The number of aromatic nitrogens is 1. The summed E-state index contributed by atoms with van der Waals surface area (Å²) < 4.78 is 5.60. The van der Waals surface area contributed by atoms with Gasteiger partial charge in [-0.2, -0.15) is 0 Å². The van der Waals surface area contributed by atoms with Crippen molar-refractivity contribution in [3.05, 3.63) is 28.0 Å². The summed E-state index contributed by atoms with van der Waals surface area (Å²) in [5.74, 6) is 0.605. The summed E-state index contributed by atoms with van der Waals surface area (Å²) in [7, 11) is 0. The van der Waals surface area contributed by atoms with Gasteiger partial charge >= 0.3 is 0 Å². The molecule has 15 heavy (non-hydrogen) atoms. The van der Waals surface area contributed by atoms with Crippen LogP contribution < -0.4 is 0 Å². The number of nitrogens with zero attached hydrogens (tertiary/aromatic N) is 2.